The Morgan fingerprint density at radius 2 is 1.64 bits per heavy atom. The van der Waals surface area contributed by atoms with Gasteiger partial charge in [0.2, 0.25) is 12.7 Å². The molecule has 36 heavy (non-hydrogen) atoms. The minimum Gasteiger partial charge on any atom is -0.454 e. The molecule has 3 aliphatic rings. The largest absolute Gasteiger partial charge is 0.454 e. The molecular formula is C28H33N3O5. The molecule has 2 aliphatic heterocycles. The molecule has 2 N–H and O–H groups in total. The number of benzene rings is 2. The van der Waals surface area contributed by atoms with Gasteiger partial charge in [-0.25, -0.2) is 0 Å². The summed E-state index contributed by atoms with van der Waals surface area (Å²) in [5.41, 5.74) is 2.13. The third-order valence-corrected chi connectivity index (χ3v) is 7.50. The standard InChI is InChI=1S/C28H33N3O5/c1-18-7-2-3-9-21(18)27(33)30-23-11-5-4-10-22(23)29-26(32)20-8-6-14-31(16-20)28(34)19-12-13-24-25(15-19)36-17-35-24/h2-3,7,9,12-13,15,20,22-23H,4-6,8,10-11,14,16-17H2,1H3,(H,29,32)(H,30,33)/t20?,22-,23-/m1/s1. The van der Waals surface area contributed by atoms with Crippen molar-refractivity contribution in [3.05, 3.63) is 59.2 Å². The van der Waals surface area contributed by atoms with E-state index in [1.807, 2.05) is 31.2 Å². The molecule has 3 atom stereocenters. The van der Waals surface area contributed by atoms with E-state index in [4.69, 9.17) is 9.47 Å². The van der Waals surface area contributed by atoms with Crippen molar-refractivity contribution in [3.63, 3.8) is 0 Å². The second-order valence-electron chi connectivity index (χ2n) is 9.95. The monoisotopic (exact) mass is 491 g/mol. The van der Waals surface area contributed by atoms with E-state index < -0.39 is 0 Å². The van der Waals surface area contributed by atoms with Crippen LogP contribution in [0.15, 0.2) is 42.5 Å². The van der Waals surface area contributed by atoms with E-state index in [0.29, 0.717) is 35.7 Å². The Hall–Kier alpha value is -3.55. The summed E-state index contributed by atoms with van der Waals surface area (Å²) in [6.45, 7) is 3.09. The number of rotatable bonds is 5. The first-order chi connectivity index (χ1) is 17.5. The summed E-state index contributed by atoms with van der Waals surface area (Å²) in [6.07, 6.45) is 5.21. The van der Waals surface area contributed by atoms with Gasteiger partial charge in [0.05, 0.1) is 5.92 Å². The zero-order valence-corrected chi connectivity index (χ0v) is 20.6. The third-order valence-electron chi connectivity index (χ3n) is 7.50. The van der Waals surface area contributed by atoms with E-state index in [1.54, 1.807) is 23.1 Å². The van der Waals surface area contributed by atoms with Gasteiger partial charge in [-0.05, 0) is 62.4 Å². The molecular weight excluding hydrogens is 458 g/mol. The Morgan fingerprint density at radius 1 is 0.889 bits per heavy atom. The summed E-state index contributed by atoms with van der Waals surface area (Å²) in [4.78, 5) is 41.1. The van der Waals surface area contributed by atoms with Crippen molar-refractivity contribution in [1.82, 2.24) is 15.5 Å². The van der Waals surface area contributed by atoms with Crippen molar-refractivity contribution < 1.29 is 23.9 Å². The van der Waals surface area contributed by atoms with Crippen molar-refractivity contribution in [2.45, 2.75) is 57.5 Å². The quantitative estimate of drug-likeness (QED) is 0.668. The van der Waals surface area contributed by atoms with Crippen LogP contribution in [0, 0.1) is 12.8 Å². The van der Waals surface area contributed by atoms with Crippen LogP contribution in [0.25, 0.3) is 0 Å². The van der Waals surface area contributed by atoms with Crippen LogP contribution in [0.5, 0.6) is 11.5 Å². The van der Waals surface area contributed by atoms with Gasteiger partial charge in [-0.2, -0.15) is 0 Å². The summed E-state index contributed by atoms with van der Waals surface area (Å²) < 4.78 is 10.7. The number of ether oxygens (including phenoxy) is 2. The average Bonchev–Trinajstić information content (AvgIpc) is 3.38. The highest BCUT2D eigenvalue weighted by Crippen LogP contribution is 2.33. The minimum atomic E-state index is -0.272. The highest BCUT2D eigenvalue weighted by atomic mass is 16.7. The Morgan fingerprint density at radius 3 is 2.44 bits per heavy atom. The molecule has 1 unspecified atom stereocenters. The highest BCUT2D eigenvalue weighted by Gasteiger charge is 2.33. The maximum atomic E-state index is 13.3. The molecule has 1 saturated carbocycles. The lowest BCUT2D eigenvalue weighted by molar-refractivity contribution is -0.127. The van der Waals surface area contributed by atoms with Gasteiger partial charge in [-0.1, -0.05) is 31.0 Å². The van der Waals surface area contributed by atoms with E-state index in [2.05, 4.69) is 10.6 Å². The first kappa shape index (κ1) is 24.2. The van der Waals surface area contributed by atoms with Crippen LogP contribution >= 0.6 is 0 Å². The maximum Gasteiger partial charge on any atom is 0.254 e. The molecule has 8 nitrogen and oxygen atoms in total. The third kappa shape index (κ3) is 5.17. The molecule has 0 radical (unpaired) electrons. The number of fused-ring (bicyclic) bond motifs is 1. The number of hydrogen-bond donors (Lipinski definition) is 2. The topological polar surface area (TPSA) is 97.0 Å². The van der Waals surface area contributed by atoms with Crippen LogP contribution in [-0.4, -0.2) is 54.6 Å². The molecule has 2 aromatic carbocycles. The SMILES string of the molecule is Cc1ccccc1C(=O)N[C@@H]1CCCC[C@H]1NC(=O)C1CCCN(C(=O)c2ccc3c(c2)OCO3)C1. The lowest BCUT2D eigenvalue weighted by atomic mass is 9.88. The van der Waals surface area contributed by atoms with Gasteiger partial charge in [0.15, 0.2) is 11.5 Å². The van der Waals surface area contributed by atoms with Crippen molar-refractivity contribution >= 4 is 17.7 Å². The molecule has 1 aliphatic carbocycles. The predicted octanol–water partition coefficient (Wildman–Crippen LogP) is 3.43. The number of likely N-dealkylation sites (tertiary alicyclic amines) is 1. The fraction of sp³-hybridized carbons (Fsp3) is 0.464. The van der Waals surface area contributed by atoms with E-state index in [1.165, 1.54) is 0 Å². The normalized spacial score (nSPS) is 23.1. The first-order valence-electron chi connectivity index (χ1n) is 12.9. The van der Waals surface area contributed by atoms with Gasteiger partial charge >= 0.3 is 0 Å². The van der Waals surface area contributed by atoms with E-state index in [-0.39, 0.29) is 42.5 Å². The van der Waals surface area contributed by atoms with Crippen LogP contribution in [0.1, 0.15) is 64.8 Å². The fourth-order valence-electron chi connectivity index (χ4n) is 5.44. The molecule has 0 bridgehead atoms. The van der Waals surface area contributed by atoms with E-state index in [0.717, 1.165) is 44.1 Å². The number of carbonyl (C=O) groups is 3. The highest BCUT2D eigenvalue weighted by molar-refractivity contribution is 5.96. The van der Waals surface area contributed by atoms with E-state index >= 15 is 0 Å². The number of aryl methyl sites for hydroxylation is 1. The Bertz CT molecular complexity index is 1150. The second-order valence-corrected chi connectivity index (χ2v) is 9.95. The number of carbonyl (C=O) groups excluding carboxylic acids is 3. The van der Waals surface area contributed by atoms with Crippen LogP contribution in [0.3, 0.4) is 0 Å². The zero-order valence-electron chi connectivity index (χ0n) is 20.6. The molecule has 5 rings (SSSR count). The van der Waals surface area contributed by atoms with Crippen molar-refractivity contribution in [3.8, 4) is 11.5 Å². The Kier molecular flexibility index (Phi) is 7.11. The lowest BCUT2D eigenvalue weighted by Crippen LogP contribution is -2.55. The maximum absolute atomic E-state index is 13.3. The van der Waals surface area contributed by atoms with Gasteiger partial charge in [0, 0.05) is 36.3 Å². The molecule has 1 saturated heterocycles. The minimum absolute atomic E-state index is 0.0415. The number of amides is 3. The number of hydrogen-bond acceptors (Lipinski definition) is 5. The number of nitrogens with one attached hydrogen (secondary N) is 2. The summed E-state index contributed by atoms with van der Waals surface area (Å²) in [6, 6.07) is 12.5. The summed E-state index contributed by atoms with van der Waals surface area (Å²) in [5, 5.41) is 6.38. The first-order valence-corrected chi connectivity index (χ1v) is 12.9. The van der Waals surface area contributed by atoms with Gasteiger partial charge in [-0.15, -0.1) is 0 Å². The second kappa shape index (κ2) is 10.6. The van der Waals surface area contributed by atoms with Crippen LogP contribution in [0.2, 0.25) is 0 Å². The average molecular weight is 492 g/mol. The zero-order chi connectivity index (χ0) is 25.1. The molecule has 0 aromatic heterocycles. The molecule has 8 heteroatoms. The van der Waals surface area contributed by atoms with Gasteiger partial charge in [-0.3, -0.25) is 14.4 Å². The Balaban J connectivity index is 1.20. The fourth-order valence-corrected chi connectivity index (χ4v) is 5.44. The molecule has 190 valence electrons. The van der Waals surface area contributed by atoms with Gasteiger partial charge < -0.3 is 25.0 Å². The lowest BCUT2D eigenvalue weighted by Gasteiger charge is -2.36. The summed E-state index contributed by atoms with van der Waals surface area (Å²) in [5.74, 6) is 0.693. The predicted molar refractivity (Wildman–Crippen MR) is 134 cm³/mol. The molecule has 2 aromatic rings. The Labute approximate surface area is 211 Å². The van der Waals surface area contributed by atoms with Crippen LogP contribution in [-0.2, 0) is 4.79 Å². The molecule has 2 heterocycles. The smallest absolute Gasteiger partial charge is 0.254 e. The van der Waals surface area contributed by atoms with Crippen molar-refractivity contribution in [2.75, 3.05) is 19.9 Å². The number of piperidine rings is 1. The molecule has 0 spiro atoms. The number of nitrogens with zero attached hydrogens (tertiary/aromatic N) is 1. The van der Waals surface area contributed by atoms with Crippen LogP contribution in [0.4, 0.5) is 0 Å². The molecule has 2 fully saturated rings. The summed E-state index contributed by atoms with van der Waals surface area (Å²) >= 11 is 0. The van der Waals surface area contributed by atoms with Gasteiger partial charge in [0.1, 0.15) is 0 Å². The van der Waals surface area contributed by atoms with E-state index in [9.17, 15) is 14.4 Å². The molecule has 3 amide bonds. The summed E-state index contributed by atoms with van der Waals surface area (Å²) in [7, 11) is 0. The van der Waals surface area contributed by atoms with Crippen molar-refractivity contribution in [1.29, 1.82) is 0 Å². The van der Waals surface area contributed by atoms with Gasteiger partial charge in [0.25, 0.3) is 11.8 Å². The van der Waals surface area contributed by atoms with Crippen LogP contribution < -0.4 is 20.1 Å². The van der Waals surface area contributed by atoms with Crippen molar-refractivity contribution in [2.24, 2.45) is 5.92 Å².